The summed E-state index contributed by atoms with van der Waals surface area (Å²) in [5, 5.41) is 6.52. The van der Waals surface area contributed by atoms with Crippen LogP contribution >= 0.6 is 0 Å². The Bertz CT molecular complexity index is 931. The highest BCUT2D eigenvalue weighted by molar-refractivity contribution is 5.89. The number of hydrogen-bond acceptors (Lipinski definition) is 7. The summed E-state index contributed by atoms with van der Waals surface area (Å²) in [6.45, 7) is 1.42. The fourth-order valence-electron chi connectivity index (χ4n) is 2.72. The molecule has 1 aromatic heterocycles. The monoisotopic (exact) mass is 392 g/mol. The van der Waals surface area contributed by atoms with Crippen molar-refractivity contribution >= 4 is 23.4 Å². The van der Waals surface area contributed by atoms with Gasteiger partial charge in [-0.15, -0.1) is 0 Å². The molecule has 0 saturated carbocycles. The summed E-state index contributed by atoms with van der Waals surface area (Å²) in [6, 6.07) is 18.8. The molecule has 3 aromatic rings. The second kappa shape index (κ2) is 10.2. The number of hydrogen-bond donors (Lipinski definition) is 2. The zero-order chi connectivity index (χ0) is 20.5. The number of esters is 1. The van der Waals surface area contributed by atoms with Gasteiger partial charge in [0.05, 0.1) is 18.4 Å². The molecule has 0 aliphatic rings. The Labute approximate surface area is 170 Å². The van der Waals surface area contributed by atoms with Crippen molar-refractivity contribution in [1.29, 1.82) is 0 Å². The summed E-state index contributed by atoms with van der Waals surface area (Å²) in [7, 11) is 3.05. The molecule has 7 nitrogen and oxygen atoms in total. The number of rotatable bonds is 9. The minimum Gasteiger partial charge on any atom is -0.465 e. The van der Waals surface area contributed by atoms with Gasteiger partial charge in [-0.25, -0.2) is 9.78 Å². The minimum absolute atomic E-state index is 0.374. The molecule has 0 saturated heterocycles. The zero-order valence-corrected chi connectivity index (χ0v) is 16.5. The van der Waals surface area contributed by atoms with Gasteiger partial charge in [0.15, 0.2) is 0 Å². The molecule has 0 spiro atoms. The summed E-state index contributed by atoms with van der Waals surface area (Å²) >= 11 is 0. The van der Waals surface area contributed by atoms with Crippen molar-refractivity contribution in [2.24, 2.45) is 0 Å². The van der Waals surface area contributed by atoms with Gasteiger partial charge in [0.25, 0.3) is 0 Å². The zero-order valence-electron chi connectivity index (χ0n) is 16.5. The average Bonchev–Trinajstić information content (AvgIpc) is 2.77. The van der Waals surface area contributed by atoms with Crippen LogP contribution < -0.4 is 10.6 Å². The van der Waals surface area contributed by atoms with Gasteiger partial charge in [-0.05, 0) is 30.7 Å². The van der Waals surface area contributed by atoms with E-state index in [0.717, 1.165) is 35.7 Å². The molecule has 0 atom stereocenters. The number of carbonyl (C=O) groups excluding carboxylic acids is 1. The van der Waals surface area contributed by atoms with Crippen LogP contribution in [0.1, 0.15) is 16.8 Å². The summed E-state index contributed by atoms with van der Waals surface area (Å²) in [6.07, 6.45) is 0.874. The Morgan fingerprint density at radius 3 is 2.45 bits per heavy atom. The van der Waals surface area contributed by atoms with Gasteiger partial charge in [0, 0.05) is 37.6 Å². The van der Waals surface area contributed by atoms with Crippen molar-refractivity contribution < 1.29 is 14.3 Å². The van der Waals surface area contributed by atoms with E-state index in [-0.39, 0.29) is 5.97 Å². The molecule has 7 heteroatoms. The maximum atomic E-state index is 11.6. The fraction of sp³-hybridized carbons (Fsp3) is 0.227. The first-order valence-corrected chi connectivity index (χ1v) is 9.32. The molecule has 0 aliphatic carbocycles. The number of ether oxygens (including phenoxy) is 2. The van der Waals surface area contributed by atoms with Crippen LogP contribution in [-0.2, 0) is 9.47 Å². The highest BCUT2D eigenvalue weighted by Crippen LogP contribution is 2.23. The predicted octanol–water partition coefficient (Wildman–Crippen LogP) is 4.12. The number of carbonyl (C=O) groups is 1. The summed E-state index contributed by atoms with van der Waals surface area (Å²) in [5.74, 6) is 0.816. The lowest BCUT2D eigenvalue weighted by molar-refractivity contribution is 0.0601. The molecule has 29 heavy (non-hydrogen) atoms. The second-order valence-corrected chi connectivity index (χ2v) is 6.30. The molecule has 0 amide bonds. The van der Waals surface area contributed by atoms with E-state index in [0.29, 0.717) is 18.1 Å². The summed E-state index contributed by atoms with van der Waals surface area (Å²) in [5.41, 5.74) is 3.06. The van der Waals surface area contributed by atoms with Gasteiger partial charge in [0.2, 0.25) is 5.95 Å². The first-order chi connectivity index (χ1) is 14.2. The van der Waals surface area contributed by atoms with Crippen molar-refractivity contribution in [2.45, 2.75) is 6.42 Å². The van der Waals surface area contributed by atoms with E-state index in [4.69, 9.17) is 9.47 Å². The van der Waals surface area contributed by atoms with E-state index in [1.807, 2.05) is 36.4 Å². The van der Waals surface area contributed by atoms with Crippen LogP contribution in [0.5, 0.6) is 0 Å². The fourth-order valence-corrected chi connectivity index (χ4v) is 2.72. The van der Waals surface area contributed by atoms with Crippen molar-refractivity contribution in [1.82, 2.24) is 9.97 Å². The smallest absolute Gasteiger partial charge is 0.337 e. The Kier molecular flexibility index (Phi) is 7.13. The second-order valence-electron chi connectivity index (χ2n) is 6.30. The van der Waals surface area contributed by atoms with E-state index >= 15 is 0 Å². The first-order valence-electron chi connectivity index (χ1n) is 9.32. The van der Waals surface area contributed by atoms with Gasteiger partial charge in [-0.2, -0.15) is 4.98 Å². The lowest BCUT2D eigenvalue weighted by Crippen LogP contribution is -2.08. The molecule has 1 heterocycles. The maximum Gasteiger partial charge on any atom is 0.337 e. The standard InChI is InChI=1S/C22H24N4O3/c1-28-14-6-13-23-20-15-19(16-7-4-3-5-8-16)25-22(26-20)24-18-11-9-17(10-12-18)21(27)29-2/h3-5,7-12,15H,6,13-14H2,1-2H3,(H2,23,24,25,26). The number of anilines is 3. The van der Waals surface area contributed by atoms with Crippen molar-refractivity contribution in [3.05, 3.63) is 66.2 Å². The number of methoxy groups -OCH3 is 2. The van der Waals surface area contributed by atoms with Crippen molar-refractivity contribution in [3.8, 4) is 11.3 Å². The molecule has 2 N–H and O–H groups in total. The van der Waals surface area contributed by atoms with Gasteiger partial charge >= 0.3 is 5.97 Å². The molecule has 150 valence electrons. The largest absolute Gasteiger partial charge is 0.465 e. The van der Waals surface area contributed by atoms with E-state index in [9.17, 15) is 4.79 Å². The molecule has 3 rings (SSSR count). The van der Waals surface area contributed by atoms with Crippen LogP contribution in [0, 0.1) is 0 Å². The first kappa shape index (κ1) is 20.3. The Morgan fingerprint density at radius 2 is 1.76 bits per heavy atom. The van der Waals surface area contributed by atoms with Crippen LogP contribution in [0.3, 0.4) is 0 Å². The Hall–Kier alpha value is -3.45. The van der Waals surface area contributed by atoms with E-state index in [1.165, 1.54) is 7.11 Å². The van der Waals surface area contributed by atoms with E-state index in [1.54, 1.807) is 31.4 Å². The molecule has 0 bridgehead atoms. The number of nitrogens with zero attached hydrogens (tertiary/aromatic N) is 2. The van der Waals surface area contributed by atoms with Crippen LogP contribution in [0.15, 0.2) is 60.7 Å². The lowest BCUT2D eigenvalue weighted by Gasteiger charge is -2.12. The average molecular weight is 392 g/mol. The molecular formula is C22H24N4O3. The molecule has 0 radical (unpaired) electrons. The topological polar surface area (TPSA) is 85.4 Å². The number of aromatic nitrogens is 2. The van der Waals surface area contributed by atoms with Crippen LogP contribution in [-0.4, -0.2) is 43.3 Å². The highest BCUT2D eigenvalue weighted by Gasteiger charge is 2.09. The minimum atomic E-state index is -0.374. The van der Waals surface area contributed by atoms with Gasteiger partial charge in [-0.1, -0.05) is 30.3 Å². The maximum absolute atomic E-state index is 11.6. The SMILES string of the molecule is COCCCNc1cc(-c2ccccc2)nc(Nc2ccc(C(=O)OC)cc2)n1. The third kappa shape index (κ3) is 5.76. The van der Waals surface area contributed by atoms with Crippen LogP contribution in [0.2, 0.25) is 0 Å². The van der Waals surface area contributed by atoms with Crippen molar-refractivity contribution in [3.63, 3.8) is 0 Å². The van der Waals surface area contributed by atoms with Crippen molar-refractivity contribution in [2.75, 3.05) is 38.0 Å². The Morgan fingerprint density at radius 1 is 1.00 bits per heavy atom. The number of benzene rings is 2. The third-order valence-corrected chi connectivity index (χ3v) is 4.19. The summed E-state index contributed by atoms with van der Waals surface area (Å²) in [4.78, 5) is 20.8. The molecular weight excluding hydrogens is 368 g/mol. The molecule has 2 aromatic carbocycles. The third-order valence-electron chi connectivity index (χ3n) is 4.19. The van der Waals surface area contributed by atoms with Gasteiger partial charge < -0.3 is 20.1 Å². The van der Waals surface area contributed by atoms with Gasteiger partial charge in [0.1, 0.15) is 5.82 Å². The Balaban J connectivity index is 1.83. The number of nitrogens with one attached hydrogen (secondary N) is 2. The van der Waals surface area contributed by atoms with E-state index in [2.05, 4.69) is 20.6 Å². The predicted molar refractivity (Wildman–Crippen MR) is 114 cm³/mol. The lowest BCUT2D eigenvalue weighted by atomic mass is 10.1. The van der Waals surface area contributed by atoms with E-state index < -0.39 is 0 Å². The quantitative estimate of drug-likeness (QED) is 0.418. The molecule has 0 fully saturated rings. The highest BCUT2D eigenvalue weighted by atomic mass is 16.5. The molecule has 0 aliphatic heterocycles. The summed E-state index contributed by atoms with van der Waals surface area (Å²) < 4.78 is 9.82. The van der Waals surface area contributed by atoms with Crippen LogP contribution in [0.4, 0.5) is 17.5 Å². The molecule has 0 unspecified atom stereocenters. The normalized spacial score (nSPS) is 10.4. The van der Waals surface area contributed by atoms with Crippen LogP contribution in [0.25, 0.3) is 11.3 Å². The van der Waals surface area contributed by atoms with Gasteiger partial charge in [-0.3, -0.25) is 0 Å².